The lowest BCUT2D eigenvalue weighted by Crippen LogP contribution is -2.03. The first-order valence-electron chi connectivity index (χ1n) is 11.3. The average Bonchev–Trinajstić information content (AvgIpc) is 2.66. The molecule has 0 aliphatic carbocycles. The van der Waals surface area contributed by atoms with Gasteiger partial charge in [0.2, 0.25) is 0 Å². The van der Waals surface area contributed by atoms with Crippen molar-refractivity contribution in [1.82, 2.24) is 0 Å². The Kier molecular flexibility index (Phi) is 31.9. The molecule has 0 aromatic rings. The van der Waals surface area contributed by atoms with E-state index < -0.39 is 0 Å². The van der Waals surface area contributed by atoms with Crippen molar-refractivity contribution in [1.29, 1.82) is 0 Å². The molecule has 0 aromatic heterocycles. The average molecular weight is 376 g/mol. The van der Waals surface area contributed by atoms with Gasteiger partial charge in [-0.3, -0.25) is 0 Å². The van der Waals surface area contributed by atoms with Crippen LogP contribution >= 0.6 is 0 Å². The highest BCUT2D eigenvalue weighted by Crippen LogP contribution is 2.13. The summed E-state index contributed by atoms with van der Waals surface area (Å²) in [6.45, 7) is 3.86. The highest BCUT2D eigenvalue weighted by molar-refractivity contribution is 4.50. The third-order valence-electron chi connectivity index (χ3n) is 4.53. The Balaban J connectivity index is 0. The lowest BCUT2D eigenvalue weighted by Gasteiger charge is -2.03. The Morgan fingerprint density at radius 3 is 1.12 bits per heavy atom. The summed E-state index contributed by atoms with van der Waals surface area (Å²) < 4.78 is 4.63. The van der Waals surface area contributed by atoms with Gasteiger partial charge in [0, 0.05) is 0 Å². The molecule has 0 aromatic carbocycles. The molecule has 4 heteroatoms. The Morgan fingerprint density at radius 1 is 0.538 bits per heavy atom. The summed E-state index contributed by atoms with van der Waals surface area (Å²) in [5, 5.41) is 16.2. The number of nitrogens with two attached hydrogens (primary N) is 1. The van der Waals surface area contributed by atoms with Gasteiger partial charge < -0.3 is 20.7 Å². The Labute approximate surface area is 163 Å². The van der Waals surface area contributed by atoms with E-state index in [1.165, 1.54) is 103 Å². The molecule has 0 heterocycles. The predicted octanol–water partition coefficient (Wildman–Crippen LogP) is 5.19. The van der Waals surface area contributed by atoms with Crippen LogP contribution in [0.4, 0.5) is 0 Å². The number of rotatable bonds is 20. The van der Waals surface area contributed by atoms with E-state index in [4.69, 9.17) is 15.9 Å². The summed E-state index contributed by atoms with van der Waals surface area (Å²) in [5.74, 6) is 0. The van der Waals surface area contributed by atoms with Crippen molar-refractivity contribution >= 4 is 0 Å². The van der Waals surface area contributed by atoms with Crippen molar-refractivity contribution in [2.75, 3.05) is 33.0 Å². The van der Waals surface area contributed by atoms with Crippen LogP contribution in [0.2, 0.25) is 0 Å². The normalized spacial score (nSPS) is 10.6. The molecule has 0 atom stereocenters. The monoisotopic (exact) mass is 375 g/mol. The largest absolute Gasteiger partial charge is 0.394 e. The zero-order valence-electron chi connectivity index (χ0n) is 17.7. The van der Waals surface area contributed by atoms with Gasteiger partial charge >= 0.3 is 0 Å². The molecule has 0 aliphatic rings. The van der Waals surface area contributed by atoms with E-state index in [9.17, 15) is 0 Å². The second-order valence-electron chi connectivity index (χ2n) is 7.15. The molecular weight excluding hydrogens is 326 g/mol. The molecule has 26 heavy (non-hydrogen) atoms. The molecule has 4 N–H and O–H groups in total. The van der Waals surface area contributed by atoms with E-state index in [0.29, 0.717) is 13.2 Å². The standard InChI is InChI=1S/C18H39N.C4H10O3/c1-2-3-4-5-6-7-8-9-10-11-12-13-14-15-16-17-18-19;5-1-3-7-4-2-6/h2-19H2,1H3;5-6H,1-4H2. The molecule has 160 valence electrons. The van der Waals surface area contributed by atoms with Gasteiger partial charge in [0.1, 0.15) is 0 Å². The smallest absolute Gasteiger partial charge is 0.0698 e. The molecule has 4 nitrogen and oxygen atoms in total. The first-order valence-corrected chi connectivity index (χ1v) is 11.3. The third kappa shape index (κ3) is 31.6. The van der Waals surface area contributed by atoms with Crippen molar-refractivity contribution < 1.29 is 14.9 Å². The Hall–Kier alpha value is -0.160. The molecule has 0 amide bonds. The topological polar surface area (TPSA) is 75.7 Å². The number of ether oxygens (including phenoxy) is 1. The maximum atomic E-state index is 8.09. The second kappa shape index (κ2) is 29.6. The van der Waals surface area contributed by atoms with E-state index in [2.05, 4.69) is 11.7 Å². The first-order chi connectivity index (χ1) is 12.8. The Morgan fingerprint density at radius 2 is 0.846 bits per heavy atom. The minimum Gasteiger partial charge on any atom is -0.394 e. The fourth-order valence-corrected chi connectivity index (χ4v) is 2.92. The minimum atomic E-state index is 0.0278. The molecule has 0 saturated carbocycles. The maximum Gasteiger partial charge on any atom is 0.0698 e. The van der Waals surface area contributed by atoms with Gasteiger partial charge in [-0.1, -0.05) is 103 Å². The fraction of sp³-hybridized carbons (Fsp3) is 1.00. The molecule has 0 rings (SSSR count). The van der Waals surface area contributed by atoms with Crippen LogP contribution in [0.5, 0.6) is 0 Å². The highest BCUT2D eigenvalue weighted by atomic mass is 16.5. The molecule has 0 spiro atoms. The molecule has 0 saturated heterocycles. The van der Waals surface area contributed by atoms with Crippen LogP contribution in [0.3, 0.4) is 0 Å². The minimum absolute atomic E-state index is 0.0278. The van der Waals surface area contributed by atoms with Gasteiger partial charge in [-0.15, -0.1) is 0 Å². The Bertz CT molecular complexity index is 196. The number of hydrogen-bond donors (Lipinski definition) is 3. The summed E-state index contributed by atoms with van der Waals surface area (Å²) in [7, 11) is 0. The molecule has 0 aliphatic heterocycles. The zero-order valence-corrected chi connectivity index (χ0v) is 17.7. The highest BCUT2D eigenvalue weighted by Gasteiger charge is 1.94. The van der Waals surface area contributed by atoms with Crippen LogP contribution in [-0.2, 0) is 4.74 Å². The molecule has 0 fully saturated rings. The number of aliphatic hydroxyl groups is 2. The van der Waals surface area contributed by atoms with Gasteiger partial charge in [-0.25, -0.2) is 0 Å². The van der Waals surface area contributed by atoms with Crippen LogP contribution < -0.4 is 5.73 Å². The lowest BCUT2D eigenvalue weighted by molar-refractivity contribution is 0.0650. The number of unbranched alkanes of at least 4 members (excludes halogenated alkanes) is 15. The summed E-state index contributed by atoms with van der Waals surface area (Å²) >= 11 is 0. The van der Waals surface area contributed by atoms with Crippen LogP contribution in [-0.4, -0.2) is 43.2 Å². The van der Waals surface area contributed by atoms with Crippen LogP contribution in [0.15, 0.2) is 0 Å². The third-order valence-corrected chi connectivity index (χ3v) is 4.53. The summed E-state index contributed by atoms with van der Waals surface area (Å²) in [6.07, 6.45) is 22.9. The zero-order chi connectivity index (χ0) is 19.6. The summed E-state index contributed by atoms with van der Waals surface area (Å²) in [5.41, 5.74) is 5.48. The van der Waals surface area contributed by atoms with E-state index in [-0.39, 0.29) is 13.2 Å². The SMILES string of the molecule is CCCCCCCCCCCCCCCCCCN.OCCOCCO. The molecule has 0 bridgehead atoms. The van der Waals surface area contributed by atoms with E-state index in [0.717, 1.165) is 6.54 Å². The van der Waals surface area contributed by atoms with Crippen molar-refractivity contribution in [2.24, 2.45) is 5.73 Å². The van der Waals surface area contributed by atoms with Gasteiger partial charge in [0.15, 0.2) is 0 Å². The summed E-state index contributed by atoms with van der Waals surface area (Å²) in [6, 6.07) is 0. The van der Waals surface area contributed by atoms with Crippen molar-refractivity contribution in [3.05, 3.63) is 0 Å². The van der Waals surface area contributed by atoms with Crippen molar-refractivity contribution in [3.63, 3.8) is 0 Å². The maximum absolute atomic E-state index is 8.09. The molecular formula is C22H49NO3. The first kappa shape index (κ1) is 28.1. The number of hydrogen-bond acceptors (Lipinski definition) is 4. The van der Waals surface area contributed by atoms with Crippen LogP contribution in [0.1, 0.15) is 110 Å². The van der Waals surface area contributed by atoms with Crippen molar-refractivity contribution in [2.45, 2.75) is 110 Å². The van der Waals surface area contributed by atoms with Gasteiger partial charge in [0.25, 0.3) is 0 Å². The van der Waals surface area contributed by atoms with Crippen LogP contribution in [0, 0.1) is 0 Å². The fourth-order valence-electron chi connectivity index (χ4n) is 2.92. The second-order valence-corrected chi connectivity index (χ2v) is 7.15. The van der Waals surface area contributed by atoms with E-state index >= 15 is 0 Å². The van der Waals surface area contributed by atoms with Gasteiger partial charge in [0.05, 0.1) is 26.4 Å². The number of aliphatic hydroxyl groups excluding tert-OH is 2. The quantitative estimate of drug-likeness (QED) is 0.256. The van der Waals surface area contributed by atoms with Crippen molar-refractivity contribution in [3.8, 4) is 0 Å². The molecule has 0 unspecified atom stereocenters. The predicted molar refractivity (Wildman–Crippen MR) is 114 cm³/mol. The summed E-state index contributed by atoms with van der Waals surface area (Å²) in [4.78, 5) is 0. The lowest BCUT2D eigenvalue weighted by atomic mass is 10.0. The van der Waals surface area contributed by atoms with Gasteiger partial charge in [-0.2, -0.15) is 0 Å². The molecule has 0 radical (unpaired) electrons. The van der Waals surface area contributed by atoms with Crippen LogP contribution in [0.25, 0.3) is 0 Å². The van der Waals surface area contributed by atoms with E-state index in [1.54, 1.807) is 0 Å². The van der Waals surface area contributed by atoms with Gasteiger partial charge in [-0.05, 0) is 13.0 Å². The van der Waals surface area contributed by atoms with E-state index in [1.807, 2.05) is 0 Å².